The molecule has 2 heterocycles. The van der Waals surface area contributed by atoms with Crippen LogP contribution >= 0.6 is 39.7 Å². The van der Waals surface area contributed by atoms with E-state index in [1.165, 1.54) is 5.56 Å². The molecular weight excluding hydrogens is 375 g/mol. The zero-order valence-corrected chi connectivity index (χ0v) is 14.6. The lowest BCUT2D eigenvalue weighted by atomic mass is 9.98. The molecule has 1 aromatic carbocycles. The molecule has 1 N–H and O–H groups in total. The number of nitrogens with zero attached hydrogens (tertiary/aromatic N) is 1. The van der Waals surface area contributed by atoms with Crippen molar-refractivity contribution in [2.75, 3.05) is 26.2 Å². The fraction of sp³-hybridized carbons (Fsp3) is 0.333. The Kier molecular flexibility index (Phi) is 6.20. The van der Waals surface area contributed by atoms with E-state index in [0.29, 0.717) is 0 Å². The molecule has 1 saturated heterocycles. The number of nitrogens with one attached hydrogen (secondary N) is 1. The first-order valence-corrected chi connectivity index (χ1v) is 8.41. The first-order chi connectivity index (χ1) is 9.77. The zero-order valence-electron chi connectivity index (χ0n) is 11.4. The molecule has 2 aromatic rings. The number of halogens is 3. The molecule has 1 fully saturated rings. The van der Waals surface area contributed by atoms with E-state index >= 15 is 0 Å². The van der Waals surface area contributed by atoms with Crippen LogP contribution in [0.25, 0.3) is 0 Å². The van der Waals surface area contributed by atoms with E-state index in [0.717, 1.165) is 36.2 Å². The Bertz CT molecular complexity index is 553. The molecule has 21 heavy (non-hydrogen) atoms. The van der Waals surface area contributed by atoms with Gasteiger partial charge in [0.1, 0.15) is 5.82 Å². The SMILES string of the molecule is Cl.Fc1cccc(Br)c1[C@H](c1ccsc1)N1CCNCC1. The van der Waals surface area contributed by atoms with Crippen molar-refractivity contribution in [3.05, 3.63) is 56.4 Å². The topological polar surface area (TPSA) is 15.3 Å². The van der Waals surface area contributed by atoms with Gasteiger partial charge in [0.15, 0.2) is 0 Å². The molecule has 0 unspecified atom stereocenters. The largest absolute Gasteiger partial charge is 0.314 e. The number of hydrogen-bond acceptors (Lipinski definition) is 3. The van der Waals surface area contributed by atoms with E-state index in [1.54, 1.807) is 23.5 Å². The van der Waals surface area contributed by atoms with Gasteiger partial charge in [-0.3, -0.25) is 4.90 Å². The van der Waals surface area contributed by atoms with E-state index in [4.69, 9.17) is 0 Å². The Labute approximate surface area is 142 Å². The van der Waals surface area contributed by atoms with E-state index < -0.39 is 0 Å². The molecule has 0 saturated carbocycles. The highest BCUT2D eigenvalue weighted by molar-refractivity contribution is 9.10. The lowest BCUT2D eigenvalue weighted by molar-refractivity contribution is 0.195. The van der Waals surface area contributed by atoms with Crippen molar-refractivity contribution in [1.82, 2.24) is 10.2 Å². The maximum atomic E-state index is 14.4. The summed E-state index contributed by atoms with van der Waals surface area (Å²) in [5.41, 5.74) is 1.91. The van der Waals surface area contributed by atoms with Gasteiger partial charge in [0, 0.05) is 36.2 Å². The third kappa shape index (κ3) is 3.66. The highest BCUT2D eigenvalue weighted by Gasteiger charge is 2.28. The van der Waals surface area contributed by atoms with E-state index in [2.05, 4.69) is 43.0 Å². The molecule has 6 heteroatoms. The maximum absolute atomic E-state index is 14.4. The predicted molar refractivity (Wildman–Crippen MR) is 92.0 cm³/mol. The van der Waals surface area contributed by atoms with Crippen LogP contribution in [0.5, 0.6) is 0 Å². The molecule has 1 aliphatic heterocycles. The Morgan fingerprint density at radius 2 is 2.00 bits per heavy atom. The number of thiophene rings is 1. The second kappa shape index (κ2) is 7.70. The van der Waals surface area contributed by atoms with Gasteiger partial charge in [0.2, 0.25) is 0 Å². The fourth-order valence-electron chi connectivity index (χ4n) is 2.70. The van der Waals surface area contributed by atoms with E-state index in [-0.39, 0.29) is 24.3 Å². The normalized spacial score (nSPS) is 17.2. The van der Waals surface area contributed by atoms with Crippen LogP contribution in [-0.2, 0) is 0 Å². The molecule has 1 atom stereocenters. The Morgan fingerprint density at radius 1 is 1.24 bits per heavy atom. The first kappa shape index (κ1) is 16.9. The summed E-state index contributed by atoms with van der Waals surface area (Å²) in [5, 5.41) is 7.52. The summed E-state index contributed by atoms with van der Waals surface area (Å²) < 4.78 is 15.2. The van der Waals surface area contributed by atoms with Crippen LogP contribution in [0, 0.1) is 5.82 Å². The predicted octanol–water partition coefficient (Wildman–Crippen LogP) is 4.07. The first-order valence-electron chi connectivity index (χ1n) is 6.68. The fourth-order valence-corrected chi connectivity index (χ4v) is 3.94. The Balaban J connectivity index is 0.00000161. The van der Waals surface area contributed by atoms with Gasteiger partial charge < -0.3 is 5.32 Å². The average molecular weight is 392 g/mol. The van der Waals surface area contributed by atoms with Crippen molar-refractivity contribution in [3.8, 4) is 0 Å². The van der Waals surface area contributed by atoms with Gasteiger partial charge in [-0.05, 0) is 34.5 Å². The minimum Gasteiger partial charge on any atom is -0.314 e. The van der Waals surface area contributed by atoms with Crippen molar-refractivity contribution < 1.29 is 4.39 Å². The van der Waals surface area contributed by atoms with Crippen molar-refractivity contribution >= 4 is 39.7 Å². The molecule has 0 aliphatic carbocycles. The average Bonchev–Trinajstić information content (AvgIpc) is 2.98. The van der Waals surface area contributed by atoms with Crippen LogP contribution in [-0.4, -0.2) is 31.1 Å². The molecule has 1 aliphatic rings. The van der Waals surface area contributed by atoms with Crippen LogP contribution in [0.3, 0.4) is 0 Å². The molecule has 2 nitrogen and oxygen atoms in total. The molecule has 0 spiro atoms. The monoisotopic (exact) mass is 390 g/mol. The molecular formula is C15H17BrClFN2S. The number of piperazine rings is 1. The van der Waals surface area contributed by atoms with Crippen LogP contribution in [0.2, 0.25) is 0 Å². The van der Waals surface area contributed by atoms with E-state index in [9.17, 15) is 4.39 Å². The second-order valence-electron chi connectivity index (χ2n) is 4.88. The van der Waals surface area contributed by atoms with E-state index in [1.807, 2.05) is 6.07 Å². The minimum atomic E-state index is -0.144. The van der Waals surface area contributed by atoms with Crippen molar-refractivity contribution in [3.63, 3.8) is 0 Å². The van der Waals surface area contributed by atoms with Crippen molar-refractivity contribution in [1.29, 1.82) is 0 Å². The molecule has 0 amide bonds. The van der Waals surface area contributed by atoms with Crippen molar-refractivity contribution in [2.24, 2.45) is 0 Å². The summed E-state index contributed by atoms with van der Waals surface area (Å²) in [4.78, 5) is 2.35. The number of rotatable bonds is 3. The summed E-state index contributed by atoms with van der Waals surface area (Å²) in [6.07, 6.45) is 0. The smallest absolute Gasteiger partial charge is 0.129 e. The number of benzene rings is 1. The summed E-state index contributed by atoms with van der Waals surface area (Å²) in [6, 6.07) is 7.28. The summed E-state index contributed by atoms with van der Waals surface area (Å²) in [5.74, 6) is -0.144. The summed E-state index contributed by atoms with van der Waals surface area (Å²) in [6.45, 7) is 3.77. The molecule has 114 valence electrons. The molecule has 1 aromatic heterocycles. The van der Waals surface area contributed by atoms with Crippen molar-refractivity contribution in [2.45, 2.75) is 6.04 Å². The Hall–Kier alpha value is -0.460. The second-order valence-corrected chi connectivity index (χ2v) is 6.51. The van der Waals surface area contributed by atoms with Crippen LogP contribution in [0.1, 0.15) is 17.2 Å². The molecule has 0 bridgehead atoms. The lowest BCUT2D eigenvalue weighted by Gasteiger charge is -2.35. The summed E-state index contributed by atoms with van der Waals surface area (Å²) in [7, 11) is 0. The summed E-state index contributed by atoms with van der Waals surface area (Å²) >= 11 is 5.18. The Morgan fingerprint density at radius 3 is 2.62 bits per heavy atom. The highest BCUT2D eigenvalue weighted by atomic mass is 79.9. The lowest BCUT2D eigenvalue weighted by Crippen LogP contribution is -2.45. The third-order valence-electron chi connectivity index (χ3n) is 3.65. The minimum absolute atomic E-state index is 0. The maximum Gasteiger partial charge on any atom is 0.129 e. The van der Waals surface area contributed by atoms with Gasteiger partial charge in [-0.2, -0.15) is 11.3 Å². The highest BCUT2D eigenvalue weighted by Crippen LogP contribution is 2.36. The molecule has 3 rings (SSSR count). The number of hydrogen-bond donors (Lipinski definition) is 1. The van der Waals surface area contributed by atoms with Gasteiger partial charge in [-0.15, -0.1) is 12.4 Å². The van der Waals surface area contributed by atoms with Crippen LogP contribution in [0.15, 0.2) is 39.5 Å². The zero-order chi connectivity index (χ0) is 13.9. The van der Waals surface area contributed by atoms with Gasteiger partial charge >= 0.3 is 0 Å². The van der Waals surface area contributed by atoms with Gasteiger partial charge in [0.25, 0.3) is 0 Å². The third-order valence-corrected chi connectivity index (χ3v) is 5.04. The molecule has 0 radical (unpaired) electrons. The van der Waals surface area contributed by atoms with Gasteiger partial charge in [-0.1, -0.05) is 22.0 Å². The van der Waals surface area contributed by atoms with Crippen LogP contribution < -0.4 is 5.32 Å². The standard InChI is InChI=1S/C15H16BrFN2S.ClH/c16-12-2-1-3-13(17)14(12)15(11-4-9-20-10-11)19-7-5-18-6-8-19;/h1-4,9-10,15,18H,5-8H2;1H/t15-;/m0./s1. The quantitative estimate of drug-likeness (QED) is 0.848. The van der Waals surface area contributed by atoms with Crippen LogP contribution in [0.4, 0.5) is 4.39 Å². The van der Waals surface area contributed by atoms with Gasteiger partial charge in [-0.25, -0.2) is 4.39 Å². The van der Waals surface area contributed by atoms with Gasteiger partial charge in [0.05, 0.1) is 6.04 Å².